The Bertz CT molecular complexity index is 568. The average molecular weight is 288 g/mol. The molecular weight excluding hydrogens is 264 g/mol. The van der Waals surface area contributed by atoms with E-state index >= 15 is 0 Å². The van der Waals surface area contributed by atoms with Gasteiger partial charge in [-0.15, -0.1) is 0 Å². The highest BCUT2D eigenvalue weighted by atomic mass is 16.3. The molecule has 0 aliphatic heterocycles. The summed E-state index contributed by atoms with van der Waals surface area (Å²) in [7, 11) is 0. The van der Waals surface area contributed by atoms with Gasteiger partial charge in [-0.2, -0.15) is 10.2 Å². The number of rotatable bonds is 5. The standard InChI is InChI=1S/C16H24N4O/c1-2-19-12-13(11-17-19)16(21)10-14-8-9-20(18-14)15-6-4-3-5-7-15/h8-9,11-12,15-16,21H,2-7,10H2,1H3. The van der Waals surface area contributed by atoms with E-state index in [1.165, 1.54) is 32.1 Å². The number of hydrogen-bond donors (Lipinski definition) is 1. The first kappa shape index (κ1) is 14.3. The summed E-state index contributed by atoms with van der Waals surface area (Å²) in [5.74, 6) is 0. The third kappa shape index (κ3) is 3.35. The second-order valence-corrected chi connectivity index (χ2v) is 5.93. The van der Waals surface area contributed by atoms with Crippen LogP contribution in [-0.2, 0) is 13.0 Å². The van der Waals surface area contributed by atoms with E-state index in [1.807, 2.05) is 23.9 Å². The lowest BCUT2D eigenvalue weighted by Gasteiger charge is -2.21. The number of aryl methyl sites for hydroxylation is 1. The van der Waals surface area contributed by atoms with Crippen molar-refractivity contribution in [3.8, 4) is 0 Å². The van der Waals surface area contributed by atoms with E-state index in [9.17, 15) is 5.11 Å². The highest BCUT2D eigenvalue weighted by Gasteiger charge is 2.17. The van der Waals surface area contributed by atoms with Crippen molar-refractivity contribution in [2.75, 3.05) is 0 Å². The van der Waals surface area contributed by atoms with Crippen LogP contribution in [0.2, 0.25) is 0 Å². The Morgan fingerprint density at radius 3 is 2.86 bits per heavy atom. The number of aliphatic hydroxyl groups excluding tert-OH is 1. The van der Waals surface area contributed by atoms with E-state index in [0.29, 0.717) is 12.5 Å². The van der Waals surface area contributed by atoms with Crippen molar-refractivity contribution in [1.82, 2.24) is 19.6 Å². The number of nitrogens with zero attached hydrogens (tertiary/aromatic N) is 4. The van der Waals surface area contributed by atoms with Gasteiger partial charge in [0.25, 0.3) is 0 Å². The molecule has 21 heavy (non-hydrogen) atoms. The molecule has 5 heteroatoms. The third-order valence-electron chi connectivity index (χ3n) is 4.38. The number of aliphatic hydroxyl groups is 1. The Hall–Kier alpha value is -1.62. The molecule has 1 saturated carbocycles. The molecule has 1 aliphatic rings. The minimum absolute atomic E-state index is 0.528. The normalized spacial score (nSPS) is 18.0. The summed E-state index contributed by atoms with van der Waals surface area (Å²) in [6.07, 6.45) is 12.2. The van der Waals surface area contributed by atoms with Gasteiger partial charge in [-0.3, -0.25) is 9.36 Å². The Balaban J connectivity index is 1.63. The first-order chi connectivity index (χ1) is 10.3. The molecule has 1 N–H and O–H groups in total. The second-order valence-electron chi connectivity index (χ2n) is 5.93. The zero-order valence-electron chi connectivity index (χ0n) is 12.6. The van der Waals surface area contributed by atoms with Gasteiger partial charge in [0, 0.05) is 30.9 Å². The largest absolute Gasteiger partial charge is 0.388 e. The molecule has 3 rings (SSSR count). The molecule has 5 nitrogen and oxygen atoms in total. The Kier molecular flexibility index (Phi) is 4.39. The summed E-state index contributed by atoms with van der Waals surface area (Å²) in [4.78, 5) is 0. The highest BCUT2D eigenvalue weighted by molar-refractivity contribution is 5.12. The lowest BCUT2D eigenvalue weighted by Crippen LogP contribution is -2.13. The van der Waals surface area contributed by atoms with Crippen molar-refractivity contribution in [3.63, 3.8) is 0 Å². The molecule has 0 saturated heterocycles. The summed E-state index contributed by atoms with van der Waals surface area (Å²) in [5, 5.41) is 19.2. The molecule has 0 amide bonds. The van der Waals surface area contributed by atoms with Crippen LogP contribution in [-0.4, -0.2) is 24.7 Å². The van der Waals surface area contributed by atoms with Crippen LogP contribution in [0.15, 0.2) is 24.7 Å². The lowest BCUT2D eigenvalue weighted by molar-refractivity contribution is 0.176. The van der Waals surface area contributed by atoms with Gasteiger partial charge < -0.3 is 5.11 Å². The maximum absolute atomic E-state index is 10.3. The fourth-order valence-electron chi connectivity index (χ4n) is 3.08. The summed E-state index contributed by atoms with van der Waals surface area (Å²) < 4.78 is 3.93. The van der Waals surface area contributed by atoms with E-state index in [1.54, 1.807) is 6.20 Å². The van der Waals surface area contributed by atoms with Crippen molar-refractivity contribution in [2.45, 2.75) is 64.1 Å². The number of aromatic nitrogens is 4. The fraction of sp³-hybridized carbons (Fsp3) is 0.625. The molecule has 1 fully saturated rings. The van der Waals surface area contributed by atoms with Gasteiger partial charge >= 0.3 is 0 Å². The molecule has 0 radical (unpaired) electrons. The second kappa shape index (κ2) is 6.43. The van der Waals surface area contributed by atoms with Crippen LogP contribution < -0.4 is 0 Å². The molecule has 1 unspecified atom stereocenters. The van der Waals surface area contributed by atoms with E-state index in [0.717, 1.165) is 17.8 Å². The fourth-order valence-corrected chi connectivity index (χ4v) is 3.08. The smallest absolute Gasteiger partial charge is 0.0876 e. The zero-order chi connectivity index (χ0) is 14.7. The van der Waals surface area contributed by atoms with Crippen molar-refractivity contribution < 1.29 is 5.11 Å². The molecule has 2 heterocycles. The van der Waals surface area contributed by atoms with Gasteiger partial charge in [-0.1, -0.05) is 19.3 Å². The van der Waals surface area contributed by atoms with Crippen molar-refractivity contribution in [3.05, 3.63) is 35.9 Å². The first-order valence-corrected chi connectivity index (χ1v) is 8.00. The van der Waals surface area contributed by atoms with Gasteiger partial charge in [-0.05, 0) is 25.8 Å². The monoisotopic (exact) mass is 288 g/mol. The average Bonchev–Trinajstić information content (AvgIpc) is 3.17. The van der Waals surface area contributed by atoms with E-state index in [4.69, 9.17) is 0 Å². The molecule has 114 valence electrons. The third-order valence-corrected chi connectivity index (χ3v) is 4.38. The van der Waals surface area contributed by atoms with E-state index in [2.05, 4.69) is 21.1 Å². The maximum Gasteiger partial charge on any atom is 0.0876 e. The van der Waals surface area contributed by atoms with E-state index in [-0.39, 0.29) is 0 Å². The van der Waals surface area contributed by atoms with Crippen LogP contribution in [0, 0.1) is 0 Å². The van der Waals surface area contributed by atoms with Crippen molar-refractivity contribution >= 4 is 0 Å². The van der Waals surface area contributed by atoms with Gasteiger partial charge in [0.15, 0.2) is 0 Å². The van der Waals surface area contributed by atoms with Crippen LogP contribution >= 0.6 is 0 Å². The minimum atomic E-state index is -0.528. The first-order valence-electron chi connectivity index (χ1n) is 8.00. The summed E-state index contributed by atoms with van der Waals surface area (Å²) in [6.45, 7) is 2.86. The summed E-state index contributed by atoms with van der Waals surface area (Å²) in [6, 6.07) is 2.58. The topological polar surface area (TPSA) is 55.9 Å². The van der Waals surface area contributed by atoms with Gasteiger partial charge in [0.2, 0.25) is 0 Å². The van der Waals surface area contributed by atoms with Gasteiger partial charge in [0.1, 0.15) is 0 Å². The molecule has 2 aromatic heterocycles. The van der Waals surface area contributed by atoms with E-state index < -0.39 is 6.10 Å². The molecule has 1 atom stereocenters. The van der Waals surface area contributed by atoms with Crippen LogP contribution in [0.3, 0.4) is 0 Å². The SMILES string of the molecule is CCn1cc(C(O)Cc2ccn(C3CCCCC3)n2)cn1. The molecule has 2 aromatic rings. The van der Waals surface area contributed by atoms with Crippen molar-refractivity contribution in [1.29, 1.82) is 0 Å². The molecular formula is C16H24N4O. The Labute approximate surface area is 125 Å². The number of hydrogen-bond acceptors (Lipinski definition) is 3. The van der Waals surface area contributed by atoms with Gasteiger partial charge in [-0.25, -0.2) is 0 Å². The van der Waals surface area contributed by atoms with Gasteiger partial charge in [0.05, 0.1) is 24.0 Å². The Morgan fingerprint density at radius 1 is 1.33 bits per heavy atom. The Morgan fingerprint density at radius 2 is 2.14 bits per heavy atom. The predicted molar refractivity (Wildman–Crippen MR) is 80.9 cm³/mol. The minimum Gasteiger partial charge on any atom is -0.388 e. The zero-order valence-corrected chi connectivity index (χ0v) is 12.6. The molecule has 1 aliphatic carbocycles. The van der Waals surface area contributed by atoms with Crippen LogP contribution in [0.1, 0.15) is 62.4 Å². The predicted octanol–water partition coefficient (Wildman–Crippen LogP) is 2.88. The van der Waals surface area contributed by atoms with Crippen molar-refractivity contribution in [2.24, 2.45) is 0 Å². The maximum atomic E-state index is 10.3. The molecule has 0 bridgehead atoms. The molecule has 0 aromatic carbocycles. The lowest BCUT2D eigenvalue weighted by atomic mass is 9.96. The van der Waals surface area contributed by atoms with Crippen LogP contribution in [0.5, 0.6) is 0 Å². The van der Waals surface area contributed by atoms with Crippen LogP contribution in [0.25, 0.3) is 0 Å². The summed E-state index contributed by atoms with van der Waals surface area (Å²) >= 11 is 0. The highest BCUT2D eigenvalue weighted by Crippen LogP contribution is 2.27. The van der Waals surface area contributed by atoms with Crippen LogP contribution in [0.4, 0.5) is 0 Å². The quantitative estimate of drug-likeness (QED) is 0.920. The molecule has 0 spiro atoms. The summed E-state index contributed by atoms with van der Waals surface area (Å²) in [5.41, 5.74) is 1.82.